The fraction of sp³-hybridized carbons (Fsp3) is 0.400. The van der Waals surface area contributed by atoms with E-state index in [9.17, 15) is 0 Å². The van der Waals surface area contributed by atoms with Crippen LogP contribution < -0.4 is 4.90 Å². The summed E-state index contributed by atoms with van der Waals surface area (Å²) in [4.78, 5) is 11.1. The van der Waals surface area contributed by atoms with Gasteiger partial charge in [0, 0.05) is 24.7 Å². The normalized spacial score (nSPS) is 16.2. The van der Waals surface area contributed by atoms with E-state index < -0.39 is 0 Å². The van der Waals surface area contributed by atoms with Crippen molar-refractivity contribution in [1.29, 1.82) is 0 Å². The van der Waals surface area contributed by atoms with Gasteiger partial charge in [-0.25, -0.2) is 9.97 Å². The molecule has 0 aliphatic carbocycles. The van der Waals surface area contributed by atoms with Crippen LogP contribution in [0.15, 0.2) is 20.9 Å². The van der Waals surface area contributed by atoms with Crippen molar-refractivity contribution in [3.63, 3.8) is 0 Å². The lowest BCUT2D eigenvalue weighted by Gasteiger charge is -2.25. The third kappa shape index (κ3) is 2.47. The molecule has 18 heavy (non-hydrogen) atoms. The van der Waals surface area contributed by atoms with Crippen LogP contribution in [0, 0.1) is 0 Å². The van der Waals surface area contributed by atoms with Gasteiger partial charge in [-0.15, -0.1) is 11.3 Å². The first-order chi connectivity index (χ1) is 8.74. The zero-order valence-electron chi connectivity index (χ0n) is 9.34. The minimum Gasteiger partial charge on any atom is -0.378 e. The third-order valence-corrected chi connectivity index (χ3v) is 4.47. The molecule has 3 rings (SSSR count). The van der Waals surface area contributed by atoms with Crippen molar-refractivity contribution in [2.24, 2.45) is 0 Å². The summed E-state index contributed by atoms with van der Waals surface area (Å²) in [6.45, 7) is 3.36. The average molecular weight is 394 g/mol. The quantitative estimate of drug-likeness (QED) is 0.786. The molecule has 0 radical (unpaired) electrons. The molecule has 0 amide bonds. The van der Waals surface area contributed by atoms with Crippen molar-refractivity contribution in [3.05, 3.63) is 20.9 Å². The van der Waals surface area contributed by atoms with Gasteiger partial charge in [-0.05, 0) is 31.9 Å². The van der Waals surface area contributed by atoms with Crippen molar-refractivity contribution in [3.8, 4) is 5.82 Å². The molecule has 2 aromatic rings. The van der Waals surface area contributed by atoms with Gasteiger partial charge < -0.3 is 9.64 Å². The second-order valence-corrected chi connectivity index (χ2v) is 6.15. The number of halogens is 2. The molecule has 8 heteroatoms. The number of imidazole rings is 1. The predicted octanol–water partition coefficient (Wildman–Crippen LogP) is 2.69. The summed E-state index contributed by atoms with van der Waals surface area (Å²) in [7, 11) is 0. The van der Waals surface area contributed by atoms with Crippen LogP contribution in [0.25, 0.3) is 5.82 Å². The van der Waals surface area contributed by atoms with E-state index in [-0.39, 0.29) is 0 Å². The lowest BCUT2D eigenvalue weighted by molar-refractivity contribution is 0.122. The minimum atomic E-state index is 0.744. The SMILES string of the molecule is Brc1cn(-c2csc(N3CCOCC3)n2)c(Br)n1. The average Bonchev–Trinajstić information content (AvgIpc) is 2.97. The molecule has 5 nitrogen and oxygen atoms in total. The summed E-state index contributed by atoms with van der Waals surface area (Å²) in [5, 5.41) is 3.06. The highest BCUT2D eigenvalue weighted by Gasteiger charge is 2.16. The molecule has 2 aromatic heterocycles. The molecule has 1 fully saturated rings. The van der Waals surface area contributed by atoms with Crippen molar-refractivity contribution in [2.75, 3.05) is 31.2 Å². The number of hydrogen-bond donors (Lipinski definition) is 0. The Labute approximate surface area is 125 Å². The van der Waals surface area contributed by atoms with E-state index in [0.29, 0.717) is 0 Å². The summed E-state index contributed by atoms with van der Waals surface area (Å²) >= 11 is 8.41. The van der Waals surface area contributed by atoms with Crippen LogP contribution in [0.5, 0.6) is 0 Å². The van der Waals surface area contributed by atoms with E-state index in [0.717, 1.165) is 46.6 Å². The highest BCUT2D eigenvalue weighted by atomic mass is 79.9. The number of morpholine rings is 1. The Kier molecular flexibility index (Phi) is 3.69. The monoisotopic (exact) mass is 392 g/mol. The molecule has 0 saturated carbocycles. The second kappa shape index (κ2) is 5.28. The van der Waals surface area contributed by atoms with E-state index in [4.69, 9.17) is 4.74 Å². The van der Waals surface area contributed by atoms with Crippen molar-refractivity contribution in [2.45, 2.75) is 0 Å². The zero-order valence-corrected chi connectivity index (χ0v) is 13.3. The van der Waals surface area contributed by atoms with E-state index in [1.807, 2.05) is 16.1 Å². The van der Waals surface area contributed by atoms with Gasteiger partial charge >= 0.3 is 0 Å². The standard InChI is InChI=1S/C10H10Br2N4OS/c11-7-5-16(9(12)13-7)8-6-18-10(14-8)15-1-3-17-4-2-15/h5-6H,1-4H2. The van der Waals surface area contributed by atoms with Crippen LogP contribution in [0.1, 0.15) is 0 Å². The first-order valence-electron chi connectivity index (χ1n) is 5.43. The number of ether oxygens (including phenoxy) is 1. The summed E-state index contributed by atoms with van der Waals surface area (Å²) in [6.07, 6.45) is 1.89. The van der Waals surface area contributed by atoms with Gasteiger partial charge in [-0.3, -0.25) is 4.57 Å². The van der Waals surface area contributed by atoms with Crippen LogP contribution in [-0.2, 0) is 4.74 Å². The van der Waals surface area contributed by atoms with Crippen molar-refractivity contribution < 1.29 is 4.74 Å². The molecule has 1 saturated heterocycles. The molecule has 0 aromatic carbocycles. The maximum absolute atomic E-state index is 5.34. The van der Waals surface area contributed by atoms with Gasteiger partial charge in [-0.2, -0.15) is 0 Å². The lowest BCUT2D eigenvalue weighted by atomic mass is 10.5. The van der Waals surface area contributed by atoms with Gasteiger partial charge in [0.2, 0.25) is 0 Å². The molecule has 0 bridgehead atoms. The highest BCUT2D eigenvalue weighted by molar-refractivity contribution is 9.11. The molecule has 1 aliphatic rings. The number of nitrogens with zero attached hydrogens (tertiary/aromatic N) is 4. The Bertz CT molecular complexity index is 550. The molecule has 0 spiro atoms. The van der Waals surface area contributed by atoms with Crippen LogP contribution >= 0.6 is 43.2 Å². The number of rotatable bonds is 2. The molecular formula is C10H10Br2N4OS. The van der Waals surface area contributed by atoms with Crippen LogP contribution in [0.3, 0.4) is 0 Å². The molecule has 0 unspecified atom stereocenters. The Morgan fingerprint density at radius 3 is 2.67 bits per heavy atom. The van der Waals surface area contributed by atoms with E-state index in [2.05, 4.69) is 46.7 Å². The van der Waals surface area contributed by atoms with Gasteiger partial charge in [0.15, 0.2) is 15.7 Å². The smallest absolute Gasteiger partial charge is 0.187 e. The zero-order chi connectivity index (χ0) is 12.5. The maximum Gasteiger partial charge on any atom is 0.187 e. The molecule has 0 N–H and O–H groups in total. The van der Waals surface area contributed by atoms with Gasteiger partial charge in [0.05, 0.1) is 13.2 Å². The van der Waals surface area contributed by atoms with Gasteiger partial charge in [0.25, 0.3) is 0 Å². The Hall–Kier alpha value is -0.440. The topological polar surface area (TPSA) is 43.2 Å². The summed E-state index contributed by atoms with van der Waals surface area (Å²) in [5.41, 5.74) is 0. The Balaban J connectivity index is 1.86. The summed E-state index contributed by atoms with van der Waals surface area (Å²) < 4.78 is 8.78. The fourth-order valence-corrected chi connectivity index (χ4v) is 3.70. The number of hydrogen-bond acceptors (Lipinski definition) is 5. The fourth-order valence-electron chi connectivity index (χ4n) is 1.76. The molecular weight excluding hydrogens is 384 g/mol. The van der Waals surface area contributed by atoms with Gasteiger partial charge in [0.1, 0.15) is 4.60 Å². The van der Waals surface area contributed by atoms with E-state index in [1.54, 1.807) is 11.3 Å². The first-order valence-corrected chi connectivity index (χ1v) is 7.89. The maximum atomic E-state index is 5.34. The van der Waals surface area contributed by atoms with Gasteiger partial charge in [-0.1, -0.05) is 0 Å². The molecule has 96 valence electrons. The van der Waals surface area contributed by atoms with E-state index in [1.165, 1.54) is 0 Å². The molecule has 1 aliphatic heterocycles. The van der Waals surface area contributed by atoms with Crippen LogP contribution in [0.2, 0.25) is 0 Å². The Morgan fingerprint density at radius 1 is 1.22 bits per heavy atom. The third-order valence-electron chi connectivity index (χ3n) is 2.64. The summed E-state index contributed by atoms with van der Waals surface area (Å²) in [6, 6.07) is 0. The largest absolute Gasteiger partial charge is 0.378 e. The highest BCUT2D eigenvalue weighted by Crippen LogP contribution is 2.26. The van der Waals surface area contributed by atoms with Crippen molar-refractivity contribution in [1.82, 2.24) is 14.5 Å². The molecule has 3 heterocycles. The number of aromatic nitrogens is 3. The summed E-state index contributed by atoms with van der Waals surface area (Å²) in [5.74, 6) is 0.881. The Morgan fingerprint density at radius 2 is 2.00 bits per heavy atom. The minimum absolute atomic E-state index is 0.744. The predicted molar refractivity (Wildman–Crippen MR) is 77.7 cm³/mol. The van der Waals surface area contributed by atoms with E-state index >= 15 is 0 Å². The van der Waals surface area contributed by atoms with Crippen LogP contribution in [-0.4, -0.2) is 40.8 Å². The molecule has 0 atom stereocenters. The van der Waals surface area contributed by atoms with Crippen molar-refractivity contribution >= 4 is 48.3 Å². The van der Waals surface area contributed by atoms with Crippen LogP contribution in [0.4, 0.5) is 5.13 Å². The first kappa shape index (κ1) is 12.6. The second-order valence-electron chi connectivity index (χ2n) is 3.79. The number of anilines is 1. The number of thiazole rings is 1. The lowest BCUT2D eigenvalue weighted by Crippen LogP contribution is -2.36.